The molecule has 0 unspecified atom stereocenters. The SMILES string of the molecule is C[C@H]1CC[C@H](C(N)=O)CN1Cc1ccc([N+](=O)[O-])cc1. The standard InChI is InChI=1S/C14H19N3O3/c1-10-2-5-12(14(15)18)9-16(10)8-11-3-6-13(7-4-11)17(19)20/h3-4,6-7,10,12H,2,5,8-9H2,1H3,(H2,15,18)/t10-,12-/m0/s1. The van der Waals surface area contributed by atoms with Crippen LogP contribution in [0.1, 0.15) is 25.3 Å². The highest BCUT2D eigenvalue weighted by molar-refractivity contribution is 5.76. The molecule has 6 nitrogen and oxygen atoms in total. The molecule has 1 fully saturated rings. The Morgan fingerprint density at radius 2 is 2.05 bits per heavy atom. The fourth-order valence-electron chi connectivity index (χ4n) is 2.59. The van der Waals surface area contributed by atoms with Crippen LogP contribution in [0.2, 0.25) is 0 Å². The lowest BCUT2D eigenvalue weighted by Crippen LogP contribution is -2.45. The van der Waals surface area contributed by atoms with E-state index >= 15 is 0 Å². The van der Waals surface area contributed by atoms with Gasteiger partial charge in [0.25, 0.3) is 5.69 Å². The van der Waals surface area contributed by atoms with Crippen molar-refractivity contribution in [1.29, 1.82) is 0 Å². The number of piperidine rings is 1. The molecule has 20 heavy (non-hydrogen) atoms. The summed E-state index contributed by atoms with van der Waals surface area (Å²) >= 11 is 0. The van der Waals surface area contributed by atoms with Gasteiger partial charge in [-0.2, -0.15) is 0 Å². The van der Waals surface area contributed by atoms with Crippen LogP contribution in [0.3, 0.4) is 0 Å². The number of carbonyl (C=O) groups excluding carboxylic acids is 1. The largest absolute Gasteiger partial charge is 0.369 e. The highest BCUT2D eigenvalue weighted by Crippen LogP contribution is 2.24. The van der Waals surface area contributed by atoms with Gasteiger partial charge in [-0.1, -0.05) is 12.1 Å². The molecule has 1 amide bonds. The van der Waals surface area contributed by atoms with Gasteiger partial charge in [0.1, 0.15) is 0 Å². The third-order valence-electron chi connectivity index (χ3n) is 3.95. The molecule has 0 bridgehead atoms. The number of carbonyl (C=O) groups is 1. The van der Waals surface area contributed by atoms with E-state index in [-0.39, 0.29) is 17.5 Å². The van der Waals surface area contributed by atoms with E-state index in [0.717, 1.165) is 18.4 Å². The molecule has 1 aromatic rings. The van der Waals surface area contributed by atoms with Crippen molar-refractivity contribution in [3.8, 4) is 0 Å². The number of likely N-dealkylation sites (tertiary alicyclic amines) is 1. The Labute approximate surface area is 117 Å². The summed E-state index contributed by atoms with van der Waals surface area (Å²) in [7, 11) is 0. The first kappa shape index (κ1) is 14.5. The van der Waals surface area contributed by atoms with Crippen molar-refractivity contribution >= 4 is 11.6 Å². The highest BCUT2D eigenvalue weighted by Gasteiger charge is 2.28. The first-order valence-electron chi connectivity index (χ1n) is 6.74. The zero-order valence-corrected chi connectivity index (χ0v) is 11.5. The molecule has 1 saturated heterocycles. The number of amides is 1. The zero-order chi connectivity index (χ0) is 14.7. The smallest absolute Gasteiger partial charge is 0.269 e. The molecule has 2 N–H and O–H groups in total. The van der Waals surface area contributed by atoms with E-state index in [1.165, 1.54) is 12.1 Å². The van der Waals surface area contributed by atoms with Gasteiger partial charge in [0, 0.05) is 31.3 Å². The molecule has 1 aromatic carbocycles. The lowest BCUT2D eigenvalue weighted by molar-refractivity contribution is -0.384. The van der Waals surface area contributed by atoms with Crippen LogP contribution in [0.5, 0.6) is 0 Å². The van der Waals surface area contributed by atoms with Gasteiger partial charge < -0.3 is 5.73 Å². The van der Waals surface area contributed by atoms with Crippen LogP contribution in [-0.2, 0) is 11.3 Å². The number of primary amides is 1. The lowest BCUT2D eigenvalue weighted by atomic mass is 9.92. The Bertz CT molecular complexity index is 501. The molecule has 0 saturated carbocycles. The topological polar surface area (TPSA) is 89.5 Å². The molecule has 1 heterocycles. The van der Waals surface area contributed by atoms with Gasteiger partial charge in [0.05, 0.1) is 10.8 Å². The molecule has 0 aromatic heterocycles. The molecule has 6 heteroatoms. The highest BCUT2D eigenvalue weighted by atomic mass is 16.6. The molecule has 0 radical (unpaired) electrons. The van der Waals surface area contributed by atoms with Crippen LogP contribution in [0.15, 0.2) is 24.3 Å². The number of nitrogens with zero attached hydrogens (tertiary/aromatic N) is 2. The van der Waals surface area contributed by atoms with E-state index < -0.39 is 4.92 Å². The molecule has 2 atom stereocenters. The molecule has 108 valence electrons. The van der Waals surface area contributed by atoms with Gasteiger partial charge in [-0.15, -0.1) is 0 Å². The van der Waals surface area contributed by atoms with Crippen molar-refractivity contribution in [2.24, 2.45) is 11.7 Å². The van der Waals surface area contributed by atoms with E-state index in [9.17, 15) is 14.9 Å². The van der Waals surface area contributed by atoms with E-state index in [1.54, 1.807) is 12.1 Å². The van der Waals surface area contributed by atoms with E-state index in [4.69, 9.17) is 5.73 Å². The molecule has 0 aliphatic carbocycles. The minimum absolute atomic E-state index is 0.0930. The van der Waals surface area contributed by atoms with Crippen molar-refractivity contribution in [3.05, 3.63) is 39.9 Å². The van der Waals surface area contributed by atoms with E-state index in [1.807, 2.05) is 0 Å². The average Bonchev–Trinajstić information content (AvgIpc) is 2.41. The molecular weight excluding hydrogens is 258 g/mol. The molecule has 0 spiro atoms. The second kappa shape index (κ2) is 6.00. The Morgan fingerprint density at radius 1 is 1.40 bits per heavy atom. The summed E-state index contributed by atoms with van der Waals surface area (Å²) in [5.74, 6) is -0.338. The summed E-state index contributed by atoms with van der Waals surface area (Å²) in [5, 5.41) is 10.6. The Kier molecular flexibility index (Phi) is 4.34. The summed E-state index contributed by atoms with van der Waals surface area (Å²) in [6, 6.07) is 6.93. The van der Waals surface area contributed by atoms with Crippen LogP contribution < -0.4 is 5.73 Å². The van der Waals surface area contributed by atoms with Crippen LogP contribution in [0.4, 0.5) is 5.69 Å². The Hall–Kier alpha value is -1.95. The molecule has 1 aliphatic heterocycles. The molecular formula is C14H19N3O3. The number of hydrogen-bond acceptors (Lipinski definition) is 4. The van der Waals surface area contributed by atoms with Crippen molar-refractivity contribution in [1.82, 2.24) is 4.90 Å². The number of nitro groups is 1. The van der Waals surface area contributed by atoms with Gasteiger partial charge in [0.2, 0.25) is 5.91 Å². The molecule has 1 aliphatic rings. The maximum absolute atomic E-state index is 11.3. The predicted molar refractivity (Wildman–Crippen MR) is 74.9 cm³/mol. The summed E-state index contributed by atoms with van der Waals surface area (Å²) in [5.41, 5.74) is 6.48. The first-order valence-corrected chi connectivity index (χ1v) is 6.74. The van der Waals surface area contributed by atoms with Crippen molar-refractivity contribution in [2.75, 3.05) is 6.54 Å². The summed E-state index contributed by atoms with van der Waals surface area (Å²) < 4.78 is 0. The third kappa shape index (κ3) is 3.33. The maximum Gasteiger partial charge on any atom is 0.269 e. The number of nitro benzene ring substituents is 1. The number of nitrogens with two attached hydrogens (primary N) is 1. The number of benzene rings is 1. The van der Waals surface area contributed by atoms with Gasteiger partial charge in [0.15, 0.2) is 0 Å². The minimum atomic E-state index is -0.406. The van der Waals surface area contributed by atoms with Crippen molar-refractivity contribution in [2.45, 2.75) is 32.4 Å². The minimum Gasteiger partial charge on any atom is -0.369 e. The Balaban J connectivity index is 2.03. The fraction of sp³-hybridized carbons (Fsp3) is 0.500. The lowest BCUT2D eigenvalue weighted by Gasteiger charge is -2.36. The molecule has 2 rings (SSSR count). The van der Waals surface area contributed by atoms with Crippen molar-refractivity contribution in [3.63, 3.8) is 0 Å². The van der Waals surface area contributed by atoms with Gasteiger partial charge in [-0.05, 0) is 25.3 Å². The van der Waals surface area contributed by atoms with Crippen LogP contribution >= 0.6 is 0 Å². The normalized spacial score (nSPS) is 23.4. The monoisotopic (exact) mass is 277 g/mol. The number of hydrogen-bond donors (Lipinski definition) is 1. The second-order valence-electron chi connectivity index (χ2n) is 5.38. The van der Waals surface area contributed by atoms with E-state index in [2.05, 4.69) is 11.8 Å². The zero-order valence-electron chi connectivity index (χ0n) is 11.5. The van der Waals surface area contributed by atoms with Crippen molar-refractivity contribution < 1.29 is 9.72 Å². The van der Waals surface area contributed by atoms with Gasteiger partial charge in [-0.25, -0.2) is 0 Å². The number of non-ortho nitro benzene ring substituents is 1. The maximum atomic E-state index is 11.3. The number of rotatable bonds is 4. The van der Waals surface area contributed by atoms with E-state index in [0.29, 0.717) is 19.1 Å². The van der Waals surface area contributed by atoms with Crippen LogP contribution in [0.25, 0.3) is 0 Å². The summed E-state index contributed by atoms with van der Waals surface area (Å²) in [6.45, 7) is 3.47. The fourth-order valence-corrected chi connectivity index (χ4v) is 2.59. The first-order chi connectivity index (χ1) is 9.47. The average molecular weight is 277 g/mol. The quantitative estimate of drug-likeness (QED) is 0.669. The van der Waals surface area contributed by atoms with Gasteiger partial charge in [-0.3, -0.25) is 19.8 Å². The summed E-state index contributed by atoms with van der Waals surface area (Å²) in [6.07, 6.45) is 1.79. The second-order valence-corrected chi connectivity index (χ2v) is 5.38. The predicted octanol–water partition coefficient (Wildman–Crippen LogP) is 1.68. The third-order valence-corrected chi connectivity index (χ3v) is 3.95. The van der Waals surface area contributed by atoms with Crippen LogP contribution in [0, 0.1) is 16.0 Å². The van der Waals surface area contributed by atoms with Crippen LogP contribution in [-0.4, -0.2) is 28.3 Å². The van der Waals surface area contributed by atoms with Gasteiger partial charge >= 0.3 is 0 Å². The Morgan fingerprint density at radius 3 is 2.60 bits per heavy atom. The summed E-state index contributed by atoms with van der Waals surface area (Å²) in [4.78, 5) is 23.7.